The van der Waals surface area contributed by atoms with Crippen molar-refractivity contribution < 1.29 is 15.0 Å². The predicted molar refractivity (Wildman–Crippen MR) is 56.9 cm³/mol. The van der Waals surface area contributed by atoms with Crippen molar-refractivity contribution in [3.63, 3.8) is 0 Å². The van der Waals surface area contributed by atoms with Crippen LogP contribution in [0.2, 0.25) is 0 Å². The molecule has 1 aliphatic heterocycles. The van der Waals surface area contributed by atoms with Gasteiger partial charge in [-0.05, 0) is 0 Å². The van der Waals surface area contributed by atoms with Gasteiger partial charge in [-0.1, -0.05) is 0 Å². The Morgan fingerprint density at radius 1 is 1.50 bits per heavy atom. The number of hydrogen-bond acceptors (Lipinski definition) is 4. The van der Waals surface area contributed by atoms with Crippen LogP contribution in [-0.4, -0.2) is 45.7 Å². The number of aliphatic hydroxyl groups is 2. The third-order valence-corrected chi connectivity index (χ3v) is 2.75. The lowest BCUT2D eigenvalue weighted by Crippen LogP contribution is -2.28. The number of hydrogen-bond donors (Lipinski definition) is 2. The first kappa shape index (κ1) is 11.1. The fourth-order valence-electron chi connectivity index (χ4n) is 1.95. The summed E-state index contributed by atoms with van der Waals surface area (Å²) < 4.78 is 1.59. The summed E-state index contributed by atoms with van der Waals surface area (Å²) in [5.74, 6) is 0.693. The van der Waals surface area contributed by atoms with Crippen LogP contribution >= 0.6 is 0 Å². The van der Waals surface area contributed by atoms with Crippen LogP contribution in [0.3, 0.4) is 0 Å². The molecule has 0 radical (unpaired) electrons. The van der Waals surface area contributed by atoms with Crippen LogP contribution in [0, 0.1) is 5.92 Å². The maximum atomic E-state index is 11.7. The number of rotatable bonds is 4. The van der Waals surface area contributed by atoms with Crippen molar-refractivity contribution in [3.8, 4) is 0 Å². The standard InChI is InChI=1S/C10H15N3O3/c14-4-3-13-9(1-2-11-13)12-6-8(7-15)5-10(12)16/h1-2,8,14-15H,3-7H2. The summed E-state index contributed by atoms with van der Waals surface area (Å²) >= 11 is 0. The molecule has 2 N–H and O–H groups in total. The van der Waals surface area contributed by atoms with Gasteiger partial charge >= 0.3 is 0 Å². The molecule has 1 unspecified atom stereocenters. The van der Waals surface area contributed by atoms with Crippen molar-refractivity contribution in [2.45, 2.75) is 13.0 Å². The molecule has 6 nitrogen and oxygen atoms in total. The van der Waals surface area contributed by atoms with Gasteiger partial charge in [-0.2, -0.15) is 5.10 Å². The average molecular weight is 225 g/mol. The van der Waals surface area contributed by atoms with Gasteiger partial charge in [0.25, 0.3) is 0 Å². The Balaban J connectivity index is 2.17. The molecular formula is C10H15N3O3. The van der Waals surface area contributed by atoms with Gasteiger partial charge in [-0.25, -0.2) is 4.68 Å². The van der Waals surface area contributed by atoms with Crippen LogP contribution in [0.25, 0.3) is 0 Å². The minimum atomic E-state index is -0.0138. The molecule has 0 spiro atoms. The first-order valence-electron chi connectivity index (χ1n) is 5.30. The van der Waals surface area contributed by atoms with E-state index >= 15 is 0 Å². The van der Waals surface area contributed by atoms with E-state index in [2.05, 4.69) is 5.10 Å². The third kappa shape index (κ3) is 1.94. The Labute approximate surface area is 93.1 Å². The predicted octanol–water partition coefficient (Wildman–Crippen LogP) is -0.779. The third-order valence-electron chi connectivity index (χ3n) is 2.75. The van der Waals surface area contributed by atoms with E-state index in [0.29, 0.717) is 25.3 Å². The lowest BCUT2D eigenvalue weighted by molar-refractivity contribution is -0.117. The normalized spacial score (nSPS) is 20.8. The molecule has 0 bridgehead atoms. The van der Waals surface area contributed by atoms with E-state index in [1.54, 1.807) is 21.8 Å². The van der Waals surface area contributed by atoms with E-state index in [-0.39, 0.29) is 25.0 Å². The fourth-order valence-corrected chi connectivity index (χ4v) is 1.95. The van der Waals surface area contributed by atoms with E-state index in [0.717, 1.165) is 0 Å². The number of aromatic nitrogens is 2. The van der Waals surface area contributed by atoms with E-state index in [9.17, 15) is 4.79 Å². The molecule has 0 aromatic carbocycles. The quantitative estimate of drug-likeness (QED) is 0.704. The van der Waals surface area contributed by atoms with Gasteiger partial charge in [0.05, 0.1) is 19.3 Å². The minimum absolute atomic E-state index is 0.00117. The van der Waals surface area contributed by atoms with Gasteiger partial charge in [0, 0.05) is 31.6 Å². The Morgan fingerprint density at radius 2 is 2.31 bits per heavy atom. The van der Waals surface area contributed by atoms with Gasteiger partial charge < -0.3 is 10.2 Å². The second-order valence-corrected chi connectivity index (χ2v) is 3.89. The number of carbonyl (C=O) groups is 1. The second kappa shape index (κ2) is 4.63. The summed E-state index contributed by atoms with van der Waals surface area (Å²) in [6.07, 6.45) is 1.98. The lowest BCUT2D eigenvalue weighted by atomic mass is 10.1. The van der Waals surface area contributed by atoms with Crippen molar-refractivity contribution in [2.75, 3.05) is 24.7 Å². The second-order valence-electron chi connectivity index (χ2n) is 3.89. The molecule has 1 aromatic rings. The summed E-state index contributed by atoms with van der Waals surface area (Å²) in [6.45, 7) is 0.902. The molecule has 1 aromatic heterocycles. The van der Waals surface area contributed by atoms with Gasteiger partial charge in [-0.3, -0.25) is 9.69 Å². The van der Waals surface area contributed by atoms with Gasteiger partial charge in [0.2, 0.25) is 5.91 Å². The van der Waals surface area contributed by atoms with Crippen LogP contribution in [0.15, 0.2) is 12.3 Å². The van der Waals surface area contributed by atoms with Crippen molar-refractivity contribution in [2.24, 2.45) is 5.92 Å². The molecule has 16 heavy (non-hydrogen) atoms. The Bertz CT molecular complexity index is 377. The average Bonchev–Trinajstić information content (AvgIpc) is 2.85. The molecule has 0 saturated carbocycles. The number of aliphatic hydroxyl groups excluding tert-OH is 2. The maximum Gasteiger partial charge on any atom is 0.228 e. The molecule has 1 aliphatic rings. The van der Waals surface area contributed by atoms with Crippen LogP contribution in [0.5, 0.6) is 0 Å². The summed E-state index contributed by atoms with van der Waals surface area (Å²) in [5.41, 5.74) is 0. The van der Waals surface area contributed by atoms with Crippen molar-refractivity contribution in [1.82, 2.24) is 9.78 Å². The zero-order valence-corrected chi connectivity index (χ0v) is 8.91. The summed E-state index contributed by atoms with van der Waals surface area (Å²) in [5, 5.41) is 21.9. The van der Waals surface area contributed by atoms with E-state index in [4.69, 9.17) is 10.2 Å². The summed E-state index contributed by atoms with van der Waals surface area (Å²) in [6, 6.07) is 1.74. The van der Waals surface area contributed by atoms with Crippen LogP contribution in [-0.2, 0) is 11.3 Å². The molecule has 6 heteroatoms. The van der Waals surface area contributed by atoms with Gasteiger partial charge in [-0.15, -0.1) is 0 Å². The lowest BCUT2D eigenvalue weighted by Gasteiger charge is -2.17. The Hall–Kier alpha value is -1.40. The highest BCUT2D eigenvalue weighted by atomic mass is 16.3. The highest BCUT2D eigenvalue weighted by Gasteiger charge is 2.31. The first-order valence-corrected chi connectivity index (χ1v) is 5.30. The molecule has 88 valence electrons. The zero-order chi connectivity index (χ0) is 11.5. The molecule has 1 fully saturated rings. The van der Waals surface area contributed by atoms with Crippen molar-refractivity contribution in [1.29, 1.82) is 0 Å². The van der Waals surface area contributed by atoms with Gasteiger partial charge in [0.1, 0.15) is 5.82 Å². The number of nitrogens with zero attached hydrogens (tertiary/aromatic N) is 3. The van der Waals surface area contributed by atoms with Crippen LogP contribution in [0.1, 0.15) is 6.42 Å². The highest BCUT2D eigenvalue weighted by molar-refractivity contribution is 5.94. The molecular weight excluding hydrogens is 210 g/mol. The highest BCUT2D eigenvalue weighted by Crippen LogP contribution is 2.24. The fraction of sp³-hybridized carbons (Fsp3) is 0.600. The molecule has 1 atom stereocenters. The van der Waals surface area contributed by atoms with Crippen LogP contribution < -0.4 is 4.90 Å². The monoisotopic (exact) mass is 225 g/mol. The Kier molecular flexibility index (Phi) is 3.21. The Morgan fingerprint density at radius 3 is 2.94 bits per heavy atom. The van der Waals surface area contributed by atoms with E-state index in [1.165, 1.54) is 0 Å². The topological polar surface area (TPSA) is 78.6 Å². The SMILES string of the molecule is O=C1CC(CO)CN1c1ccnn1CCO. The van der Waals surface area contributed by atoms with E-state index in [1.807, 2.05) is 0 Å². The van der Waals surface area contributed by atoms with Crippen molar-refractivity contribution in [3.05, 3.63) is 12.3 Å². The van der Waals surface area contributed by atoms with E-state index < -0.39 is 0 Å². The molecule has 1 saturated heterocycles. The zero-order valence-electron chi connectivity index (χ0n) is 8.91. The maximum absolute atomic E-state index is 11.7. The molecule has 0 aliphatic carbocycles. The summed E-state index contributed by atoms with van der Waals surface area (Å²) in [7, 11) is 0. The number of amides is 1. The largest absolute Gasteiger partial charge is 0.396 e. The smallest absolute Gasteiger partial charge is 0.228 e. The molecule has 2 heterocycles. The molecule has 1 amide bonds. The van der Waals surface area contributed by atoms with Crippen molar-refractivity contribution >= 4 is 11.7 Å². The van der Waals surface area contributed by atoms with Gasteiger partial charge in [0.15, 0.2) is 0 Å². The van der Waals surface area contributed by atoms with Crippen LogP contribution in [0.4, 0.5) is 5.82 Å². The first-order chi connectivity index (χ1) is 7.76. The molecule has 2 rings (SSSR count). The summed E-state index contributed by atoms with van der Waals surface area (Å²) in [4.78, 5) is 13.3. The number of carbonyl (C=O) groups excluding carboxylic acids is 1. The number of anilines is 1. The minimum Gasteiger partial charge on any atom is -0.396 e.